The summed E-state index contributed by atoms with van der Waals surface area (Å²) in [6.07, 6.45) is 2.39. The van der Waals surface area contributed by atoms with Gasteiger partial charge < -0.3 is 15.3 Å². The van der Waals surface area contributed by atoms with Crippen molar-refractivity contribution in [3.8, 4) is 0 Å². The fourth-order valence-corrected chi connectivity index (χ4v) is 1.59. The molecule has 0 heterocycles. The van der Waals surface area contributed by atoms with Crippen LogP contribution in [0.1, 0.15) is 12.8 Å². The summed E-state index contributed by atoms with van der Waals surface area (Å²) in [5.74, 6) is -0.339. The highest BCUT2D eigenvalue weighted by Crippen LogP contribution is 2.27. The van der Waals surface area contributed by atoms with E-state index in [2.05, 4.69) is 5.32 Å². The summed E-state index contributed by atoms with van der Waals surface area (Å²) in [7, 11) is 3.85. The quantitative estimate of drug-likeness (QED) is 0.580. The van der Waals surface area contributed by atoms with Gasteiger partial charge in [0.1, 0.15) is 0 Å². The number of nitrogens with zero attached hydrogens (tertiary/aromatic N) is 2. The maximum Gasteiger partial charge on any atom is 0.317 e. The number of hydrogen-bond acceptors (Lipinski definition) is 4. The van der Waals surface area contributed by atoms with Crippen LogP contribution in [0.5, 0.6) is 0 Å². The third-order valence-corrected chi connectivity index (χ3v) is 2.87. The summed E-state index contributed by atoms with van der Waals surface area (Å²) in [6.45, 7) is 2.12. The largest absolute Gasteiger partial charge is 0.480 e. The second-order valence-corrected chi connectivity index (χ2v) is 5.16. The Balaban J connectivity index is 2.27. The Morgan fingerprint density at radius 3 is 2.39 bits per heavy atom. The maximum absolute atomic E-state index is 11.7. The second-order valence-electron chi connectivity index (χ2n) is 5.16. The average Bonchev–Trinajstić information content (AvgIpc) is 3.06. The number of carbonyl (C=O) groups excluding carboxylic acids is 1. The molecule has 1 aliphatic carbocycles. The standard InChI is InChI=1S/C12H23N3O3/c1-14(2)5-6-15(9-12(17)18)8-11(16)13-7-10-3-4-10/h10H,3-9H2,1-2H3,(H,13,16)(H,17,18). The number of rotatable bonds is 9. The van der Waals surface area contributed by atoms with E-state index in [0.29, 0.717) is 12.5 Å². The molecule has 2 N–H and O–H groups in total. The van der Waals surface area contributed by atoms with Crippen molar-refractivity contribution in [2.24, 2.45) is 5.92 Å². The first-order valence-electron chi connectivity index (χ1n) is 6.33. The Kier molecular flexibility index (Phi) is 6.07. The van der Waals surface area contributed by atoms with Gasteiger partial charge in [0, 0.05) is 19.6 Å². The predicted molar refractivity (Wildman–Crippen MR) is 68.4 cm³/mol. The molecule has 0 spiro atoms. The Morgan fingerprint density at radius 1 is 1.22 bits per heavy atom. The molecule has 1 amide bonds. The van der Waals surface area contributed by atoms with Gasteiger partial charge in [0.05, 0.1) is 13.1 Å². The van der Waals surface area contributed by atoms with Crippen molar-refractivity contribution in [3.63, 3.8) is 0 Å². The summed E-state index contributed by atoms with van der Waals surface area (Å²) in [5.41, 5.74) is 0. The highest BCUT2D eigenvalue weighted by molar-refractivity contribution is 5.79. The number of carboxylic acid groups (broad SMARTS) is 1. The summed E-state index contributed by atoms with van der Waals surface area (Å²) in [4.78, 5) is 26.0. The Bertz CT molecular complexity index is 290. The molecule has 0 unspecified atom stereocenters. The maximum atomic E-state index is 11.7. The van der Waals surface area contributed by atoms with Gasteiger partial charge in [-0.2, -0.15) is 0 Å². The molecule has 1 fully saturated rings. The zero-order chi connectivity index (χ0) is 13.5. The van der Waals surface area contributed by atoms with Crippen molar-refractivity contribution in [3.05, 3.63) is 0 Å². The zero-order valence-electron chi connectivity index (χ0n) is 11.2. The highest BCUT2D eigenvalue weighted by Gasteiger charge is 2.22. The van der Waals surface area contributed by atoms with Crippen LogP contribution < -0.4 is 5.32 Å². The molecule has 0 aromatic rings. The Labute approximate surface area is 108 Å². The molecule has 18 heavy (non-hydrogen) atoms. The number of carbonyl (C=O) groups is 2. The van der Waals surface area contributed by atoms with Crippen LogP contribution >= 0.6 is 0 Å². The first-order valence-corrected chi connectivity index (χ1v) is 6.33. The van der Waals surface area contributed by atoms with Crippen LogP contribution in [0.25, 0.3) is 0 Å². The van der Waals surface area contributed by atoms with E-state index in [0.717, 1.165) is 13.1 Å². The van der Waals surface area contributed by atoms with Gasteiger partial charge >= 0.3 is 5.97 Å². The van der Waals surface area contributed by atoms with Crippen LogP contribution in [0.2, 0.25) is 0 Å². The minimum absolute atomic E-state index is 0.0816. The third kappa shape index (κ3) is 7.24. The van der Waals surface area contributed by atoms with Crippen LogP contribution in [0.15, 0.2) is 0 Å². The van der Waals surface area contributed by atoms with Crippen molar-refractivity contribution in [1.29, 1.82) is 0 Å². The molecule has 104 valence electrons. The van der Waals surface area contributed by atoms with E-state index in [4.69, 9.17) is 5.11 Å². The van der Waals surface area contributed by atoms with E-state index < -0.39 is 5.97 Å². The number of aliphatic carboxylic acids is 1. The van der Waals surface area contributed by atoms with Gasteiger partial charge in [-0.1, -0.05) is 0 Å². The van der Waals surface area contributed by atoms with Crippen LogP contribution in [0.3, 0.4) is 0 Å². The topological polar surface area (TPSA) is 72.9 Å². The van der Waals surface area contributed by atoms with Gasteiger partial charge in [-0.3, -0.25) is 14.5 Å². The fraction of sp³-hybridized carbons (Fsp3) is 0.833. The van der Waals surface area contributed by atoms with Crippen LogP contribution in [-0.4, -0.2) is 73.6 Å². The minimum atomic E-state index is -0.899. The molecular formula is C12H23N3O3. The van der Waals surface area contributed by atoms with E-state index >= 15 is 0 Å². The Morgan fingerprint density at radius 2 is 1.89 bits per heavy atom. The van der Waals surface area contributed by atoms with Crippen molar-refractivity contribution < 1.29 is 14.7 Å². The monoisotopic (exact) mass is 257 g/mol. The molecule has 0 bridgehead atoms. The van der Waals surface area contributed by atoms with E-state index in [1.807, 2.05) is 19.0 Å². The van der Waals surface area contributed by atoms with Gasteiger partial charge in [0.2, 0.25) is 5.91 Å². The number of amides is 1. The normalized spacial score (nSPS) is 15.1. The van der Waals surface area contributed by atoms with Gasteiger partial charge in [-0.05, 0) is 32.9 Å². The average molecular weight is 257 g/mol. The molecule has 1 aliphatic rings. The lowest BCUT2D eigenvalue weighted by molar-refractivity contribution is -0.138. The van der Waals surface area contributed by atoms with Gasteiger partial charge in [-0.25, -0.2) is 0 Å². The molecular weight excluding hydrogens is 234 g/mol. The molecule has 0 aromatic carbocycles. The van der Waals surface area contributed by atoms with Gasteiger partial charge in [0.25, 0.3) is 0 Å². The highest BCUT2D eigenvalue weighted by atomic mass is 16.4. The summed E-state index contributed by atoms with van der Waals surface area (Å²) >= 11 is 0. The van der Waals surface area contributed by atoms with E-state index in [-0.39, 0.29) is 19.0 Å². The minimum Gasteiger partial charge on any atom is -0.480 e. The van der Waals surface area contributed by atoms with E-state index in [1.165, 1.54) is 12.8 Å². The number of nitrogens with one attached hydrogen (secondary N) is 1. The van der Waals surface area contributed by atoms with Gasteiger partial charge in [-0.15, -0.1) is 0 Å². The fourth-order valence-electron chi connectivity index (χ4n) is 1.59. The van der Waals surface area contributed by atoms with Crippen molar-refractivity contribution >= 4 is 11.9 Å². The summed E-state index contributed by atoms with van der Waals surface area (Å²) < 4.78 is 0. The third-order valence-electron chi connectivity index (χ3n) is 2.87. The molecule has 0 aromatic heterocycles. The SMILES string of the molecule is CN(C)CCN(CC(=O)O)CC(=O)NCC1CC1. The van der Waals surface area contributed by atoms with Gasteiger partial charge in [0.15, 0.2) is 0 Å². The molecule has 0 atom stereocenters. The van der Waals surface area contributed by atoms with Crippen molar-refractivity contribution in [2.75, 3.05) is 46.8 Å². The molecule has 1 saturated carbocycles. The first kappa shape index (κ1) is 14.9. The number of hydrogen-bond donors (Lipinski definition) is 2. The second kappa shape index (κ2) is 7.33. The van der Waals surface area contributed by atoms with Crippen LogP contribution in [-0.2, 0) is 9.59 Å². The first-order chi connectivity index (χ1) is 8.47. The number of carboxylic acids is 1. The molecule has 0 radical (unpaired) electrons. The van der Waals surface area contributed by atoms with Crippen LogP contribution in [0, 0.1) is 5.92 Å². The molecule has 1 rings (SSSR count). The lowest BCUT2D eigenvalue weighted by Crippen LogP contribution is -2.43. The van der Waals surface area contributed by atoms with Crippen LogP contribution in [0.4, 0.5) is 0 Å². The lowest BCUT2D eigenvalue weighted by Gasteiger charge is -2.21. The zero-order valence-corrected chi connectivity index (χ0v) is 11.2. The van der Waals surface area contributed by atoms with Crippen molar-refractivity contribution in [1.82, 2.24) is 15.1 Å². The summed E-state index contributed by atoms with van der Waals surface area (Å²) in [6, 6.07) is 0. The van der Waals surface area contributed by atoms with E-state index in [1.54, 1.807) is 4.90 Å². The lowest BCUT2D eigenvalue weighted by atomic mass is 10.4. The predicted octanol–water partition coefficient (Wildman–Crippen LogP) is -0.539. The number of likely N-dealkylation sites (N-methyl/N-ethyl adjacent to an activating group) is 1. The smallest absolute Gasteiger partial charge is 0.317 e. The summed E-state index contributed by atoms with van der Waals surface area (Å²) in [5, 5.41) is 11.7. The molecule has 0 aliphatic heterocycles. The van der Waals surface area contributed by atoms with Crippen molar-refractivity contribution in [2.45, 2.75) is 12.8 Å². The molecule has 6 heteroatoms. The van der Waals surface area contributed by atoms with E-state index in [9.17, 15) is 9.59 Å². The Hall–Kier alpha value is -1.14. The molecule has 6 nitrogen and oxygen atoms in total. The molecule has 0 saturated heterocycles.